The second kappa shape index (κ2) is 4.34. The summed E-state index contributed by atoms with van der Waals surface area (Å²) in [6.45, 7) is 0. The molecule has 1 aromatic heterocycles. The van der Waals surface area contributed by atoms with Crippen molar-refractivity contribution >= 4 is 11.6 Å². The first kappa shape index (κ1) is 9.35. The van der Waals surface area contributed by atoms with Crippen LogP contribution < -0.4 is 0 Å². The van der Waals surface area contributed by atoms with Gasteiger partial charge in [-0.2, -0.15) is 0 Å². The van der Waals surface area contributed by atoms with Crippen LogP contribution in [0.3, 0.4) is 0 Å². The second-order valence-electron chi connectivity index (χ2n) is 3.17. The Hall–Kier alpha value is -1.21. The van der Waals surface area contributed by atoms with Crippen molar-refractivity contribution in [3.05, 3.63) is 59.0 Å². The first-order chi connectivity index (χ1) is 6.86. The molecule has 2 aromatic rings. The van der Waals surface area contributed by atoms with Gasteiger partial charge in [0, 0.05) is 11.4 Å². The van der Waals surface area contributed by atoms with Gasteiger partial charge in [0.2, 0.25) is 0 Å². The Morgan fingerprint density at radius 3 is 2.57 bits per heavy atom. The zero-order chi connectivity index (χ0) is 9.80. The summed E-state index contributed by atoms with van der Waals surface area (Å²) in [5, 5.41) is 0.832. The minimum Gasteiger partial charge on any atom is -0.469 e. The van der Waals surface area contributed by atoms with Crippen molar-refractivity contribution in [1.29, 1.82) is 0 Å². The van der Waals surface area contributed by atoms with Crippen molar-refractivity contribution in [3.8, 4) is 0 Å². The zero-order valence-electron chi connectivity index (χ0n) is 7.74. The van der Waals surface area contributed by atoms with E-state index in [4.69, 9.17) is 16.0 Å². The van der Waals surface area contributed by atoms with Gasteiger partial charge >= 0.3 is 0 Å². The van der Waals surface area contributed by atoms with Crippen LogP contribution in [0, 0.1) is 0 Å². The van der Waals surface area contributed by atoms with Crippen molar-refractivity contribution in [1.82, 2.24) is 0 Å². The third-order valence-electron chi connectivity index (χ3n) is 2.18. The molecule has 14 heavy (non-hydrogen) atoms. The van der Waals surface area contributed by atoms with E-state index in [0.717, 1.165) is 23.6 Å². The van der Waals surface area contributed by atoms with Crippen LogP contribution in [0.4, 0.5) is 0 Å². The van der Waals surface area contributed by atoms with E-state index in [1.807, 2.05) is 36.4 Å². The third kappa shape index (κ3) is 2.18. The van der Waals surface area contributed by atoms with Gasteiger partial charge < -0.3 is 4.42 Å². The summed E-state index contributed by atoms with van der Waals surface area (Å²) in [4.78, 5) is 0. The summed E-state index contributed by atoms with van der Waals surface area (Å²) in [5.41, 5.74) is 1.17. The van der Waals surface area contributed by atoms with Gasteiger partial charge in [-0.3, -0.25) is 0 Å². The van der Waals surface area contributed by atoms with Gasteiger partial charge in [0.05, 0.1) is 6.26 Å². The van der Waals surface area contributed by atoms with Crippen LogP contribution in [-0.4, -0.2) is 0 Å². The molecule has 0 bridgehead atoms. The second-order valence-corrected chi connectivity index (χ2v) is 3.58. The number of furan rings is 1. The first-order valence-corrected chi connectivity index (χ1v) is 5.00. The van der Waals surface area contributed by atoms with Crippen molar-refractivity contribution in [2.45, 2.75) is 12.8 Å². The predicted molar refractivity (Wildman–Crippen MR) is 57.6 cm³/mol. The molecule has 0 spiro atoms. The molecule has 0 aliphatic rings. The predicted octanol–water partition coefficient (Wildman–Crippen LogP) is 3.72. The zero-order valence-corrected chi connectivity index (χ0v) is 8.50. The molecule has 0 N–H and O–H groups in total. The van der Waals surface area contributed by atoms with E-state index in [9.17, 15) is 0 Å². The molecule has 0 atom stereocenters. The molecular formula is C12H11ClO. The standard InChI is InChI=1S/C12H11ClO/c13-12-6-2-1-4-10(12)7-8-11-5-3-9-14-11/h1-6,9H,7-8H2. The normalized spacial score (nSPS) is 10.4. The summed E-state index contributed by atoms with van der Waals surface area (Å²) < 4.78 is 5.25. The van der Waals surface area contributed by atoms with Crippen LogP contribution >= 0.6 is 11.6 Å². The Kier molecular flexibility index (Phi) is 2.90. The summed E-state index contributed by atoms with van der Waals surface area (Å²) in [6.07, 6.45) is 3.52. The molecule has 1 aromatic carbocycles. The molecule has 2 heteroatoms. The van der Waals surface area contributed by atoms with Crippen LogP contribution in [0.15, 0.2) is 47.1 Å². The third-order valence-corrected chi connectivity index (χ3v) is 2.55. The number of hydrogen-bond donors (Lipinski definition) is 0. The highest BCUT2D eigenvalue weighted by Gasteiger charge is 2.00. The highest BCUT2D eigenvalue weighted by molar-refractivity contribution is 6.31. The Morgan fingerprint density at radius 1 is 1.00 bits per heavy atom. The molecule has 0 unspecified atom stereocenters. The maximum Gasteiger partial charge on any atom is 0.104 e. The lowest BCUT2D eigenvalue weighted by Gasteiger charge is -2.01. The van der Waals surface area contributed by atoms with E-state index in [0.29, 0.717) is 0 Å². The largest absolute Gasteiger partial charge is 0.469 e. The Balaban J connectivity index is 2.02. The molecule has 1 heterocycles. The molecule has 0 aliphatic carbocycles. The fourth-order valence-corrected chi connectivity index (χ4v) is 1.64. The van der Waals surface area contributed by atoms with E-state index < -0.39 is 0 Å². The van der Waals surface area contributed by atoms with Crippen molar-refractivity contribution < 1.29 is 4.42 Å². The molecule has 0 radical (unpaired) electrons. The molecule has 0 amide bonds. The molecule has 2 rings (SSSR count). The topological polar surface area (TPSA) is 13.1 Å². The number of benzene rings is 1. The van der Waals surface area contributed by atoms with Crippen molar-refractivity contribution in [2.75, 3.05) is 0 Å². The lowest BCUT2D eigenvalue weighted by Crippen LogP contribution is -1.90. The molecule has 0 fully saturated rings. The van der Waals surface area contributed by atoms with Crippen molar-refractivity contribution in [3.63, 3.8) is 0 Å². The minimum absolute atomic E-state index is 0.832. The average molecular weight is 207 g/mol. The molecule has 0 saturated heterocycles. The maximum atomic E-state index is 6.03. The quantitative estimate of drug-likeness (QED) is 0.746. The van der Waals surface area contributed by atoms with E-state index >= 15 is 0 Å². The summed E-state index contributed by atoms with van der Waals surface area (Å²) in [5.74, 6) is 1.00. The Labute approximate surface area is 88.3 Å². The van der Waals surface area contributed by atoms with Gasteiger partial charge in [-0.25, -0.2) is 0 Å². The smallest absolute Gasteiger partial charge is 0.104 e. The van der Waals surface area contributed by atoms with Crippen LogP contribution in [0.1, 0.15) is 11.3 Å². The average Bonchev–Trinajstić information content (AvgIpc) is 2.69. The highest BCUT2D eigenvalue weighted by atomic mass is 35.5. The SMILES string of the molecule is Clc1ccccc1CCc1ccco1. The fourth-order valence-electron chi connectivity index (χ4n) is 1.41. The Bertz CT molecular complexity index is 392. The van der Waals surface area contributed by atoms with Crippen molar-refractivity contribution in [2.24, 2.45) is 0 Å². The molecule has 0 saturated carbocycles. The minimum atomic E-state index is 0.832. The lowest BCUT2D eigenvalue weighted by molar-refractivity contribution is 0.508. The van der Waals surface area contributed by atoms with Gasteiger partial charge in [0.15, 0.2) is 0 Å². The maximum absolute atomic E-state index is 6.03. The number of halogens is 1. The van der Waals surface area contributed by atoms with Crippen LogP contribution in [0.2, 0.25) is 5.02 Å². The van der Waals surface area contributed by atoms with E-state index in [1.54, 1.807) is 6.26 Å². The van der Waals surface area contributed by atoms with Crippen LogP contribution in [-0.2, 0) is 12.8 Å². The van der Waals surface area contributed by atoms with Crippen LogP contribution in [0.5, 0.6) is 0 Å². The van der Waals surface area contributed by atoms with Crippen LogP contribution in [0.25, 0.3) is 0 Å². The fraction of sp³-hybridized carbons (Fsp3) is 0.167. The molecule has 0 aliphatic heterocycles. The number of aryl methyl sites for hydroxylation is 2. The monoisotopic (exact) mass is 206 g/mol. The summed E-state index contributed by atoms with van der Waals surface area (Å²) >= 11 is 6.03. The Morgan fingerprint density at radius 2 is 1.86 bits per heavy atom. The van der Waals surface area contributed by atoms with Gasteiger partial charge in [0.1, 0.15) is 5.76 Å². The number of hydrogen-bond acceptors (Lipinski definition) is 1. The summed E-state index contributed by atoms with van der Waals surface area (Å²) in [7, 11) is 0. The van der Waals surface area contributed by atoms with Gasteiger partial charge in [-0.1, -0.05) is 29.8 Å². The van der Waals surface area contributed by atoms with E-state index in [2.05, 4.69) is 0 Å². The molecular weight excluding hydrogens is 196 g/mol. The first-order valence-electron chi connectivity index (χ1n) is 4.62. The van der Waals surface area contributed by atoms with Gasteiger partial charge in [-0.05, 0) is 30.2 Å². The molecule has 72 valence electrons. The van der Waals surface area contributed by atoms with Gasteiger partial charge in [-0.15, -0.1) is 0 Å². The van der Waals surface area contributed by atoms with E-state index in [-0.39, 0.29) is 0 Å². The van der Waals surface area contributed by atoms with E-state index in [1.165, 1.54) is 5.56 Å². The summed E-state index contributed by atoms with van der Waals surface area (Å²) in [6, 6.07) is 11.8. The lowest BCUT2D eigenvalue weighted by atomic mass is 10.1. The molecule has 1 nitrogen and oxygen atoms in total. The van der Waals surface area contributed by atoms with Gasteiger partial charge in [0.25, 0.3) is 0 Å². The highest BCUT2D eigenvalue weighted by Crippen LogP contribution is 2.17. The number of rotatable bonds is 3.